The van der Waals surface area contributed by atoms with E-state index >= 15 is 0 Å². The maximum absolute atomic E-state index is 12.1. The fourth-order valence-corrected chi connectivity index (χ4v) is 2.97. The number of amides is 1. The standard InChI is InChI=1S/C14H13Br2NO2/c1-8-7-12(16)19-13(8)14(18)17-9(2)10-5-3-4-6-11(10)15/h3-7,9H,1-2H3,(H,17,18). The summed E-state index contributed by atoms with van der Waals surface area (Å²) in [6.45, 7) is 3.78. The summed E-state index contributed by atoms with van der Waals surface area (Å²) in [6.07, 6.45) is 0. The first-order valence-electron chi connectivity index (χ1n) is 5.80. The minimum Gasteiger partial charge on any atom is -0.444 e. The predicted molar refractivity (Wildman–Crippen MR) is 81.2 cm³/mol. The summed E-state index contributed by atoms with van der Waals surface area (Å²) in [5, 5.41) is 2.92. The maximum Gasteiger partial charge on any atom is 0.287 e. The van der Waals surface area contributed by atoms with E-state index in [1.165, 1.54) is 0 Å². The Balaban J connectivity index is 2.15. The zero-order valence-electron chi connectivity index (χ0n) is 10.5. The van der Waals surface area contributed by atoms with Crippen LogP contribution in [0, 0.1) is 6.92 Å². The molecule has 0 saturated heterocycles. The molecule has 0 aliphatic rings. The van der Waals surface area contributed by atoms with Gasteiger partial charge in [0.05, 0.1) is 6.04 Å². The van der Waals surface area contributed by atoms with E-state index < -0.39 is 0 Å². The molecule has 0 fully saturated rings. The topological polar surface area (TPSA) is 42.2 Å². The number of benzene rings is 1. The van der Waals surface area contributed by atoms with E-state index in [0.29, 0.717) is 10.4 Å². The van der Waals surface area contributed by atoms with Gasteiger partial charge in [0.1, 0.15) is 0 Å². The summed E-state index contributed by atoms with van der Waals surface area (Å²) in [5.74, 6) is 0.122. The second kappa shape index (κ2) is 5.92. The molecule has 0 spiro atoms. The molecule has 1 aromatic heterocycles. The highest BCUT2D eigenvalue weighted by Crippen LogP contribution is 2.24. The Kier molecular flexibility index (Phi) is 4.47. The first-order valence-corrected chi connectivity index (χ1v) is 7.39. The lowest BCUT2D eigenvalue weighted by Gasteiger charge is -2.15. The Morgan fingerprint density at radius 2 is 2.00 bits per heavy atom. The molecule has 1 unspecified atom stereocenters. The van der Waals surface area contributed by atoms with E-state index in [2.05, 4.69) is 37.2 Å². The van der Waals surface area contributed by atoms with E-state index in [1.54, 1.807) is 6.07 Å². The van der Waals surface area contributed by atoms with Gasteiger partial charge in [0.2, 0.25) is 0 Å². The van der Waals surface area contributed by atoms with E-state index in [0.717, 1.165) is 15.6 Å². The lowest BCUT2D eigenvalue weighted by molar-refractivity contribution is 0.0909. The van der Waals surface area contributed by atoms with Crippen LogP contribution in [0.1, 0.15) is 34.6 Å². The number of carbonyl (C=O) groups excluding carboxylic acids is 1. The number of carbonyl (C=O) groups is 1. The fourth-order valence-electron chi connectivity index (χ4n) is 1.83. The molecule has 0 aliphatic heterocycles. The first kappa shape index (κ1) is 14.3. The Labute approximate surface area is 128 Å². The molecule has 5 heteroatoms. The van der Waals surface area contributed by atoms with Crippen molar-refractivity contribution in [3.8, 4) is 0 Å². The Morgan fingerprint density at radius 1 is 1.32 bits per heavy atom. The third-order valence-electron chi connectivity index (χ3n) is 2.81. The third-order valence-corrected chi connectivity index (χ3v) is 3.93. The van der Waals surface area contributed by atoms with Crippen LogP contribution in [0.3, 0.4) is 0 Å². The van der Waals surface area contributed by atoms with Crippen LogP contribution in [0.2, 0.25) is 0 Å². The van der Waals surface area contributed by atoms with Gasteiger partial charge in [-0.3, -0.25) is 4.79 Å². The number of halogens is 2. The summed E-state index contributed by atoms with van der Waals surface area (Å²) >= 11 is 6.70. The van der Waals surface area contributed by atoms with Crippen molar-refractivity contribution in [3.05, 3.63) is 56.4 Å². The van der Waals surface area contributed by atoms with Crippen molar-refractivity contribution in [2.75, 3.05) is 0 Å². The predicted octanol–water partition coefficient (Wildman–Crippen LogP) is 4.60. The SMILES string of the molecule is Cc1cc(Br)oc1C(=O)NC(C)c1ccccc1Br. The zero-order chi connectivity index (χ0) is 14.0. The molecule has 1 N–H and O–H groups in total. The number of furan rings is 1. The molecule has 0 radical (unpaired) electrons. The van der Waals surface area contributed by atoms with E-state index in [1.807, 2.05) is 38.1 Å². The quantitative estimate of drug-likeness (QED) is 0.837. The van der Waals surface area contributed by atoms with Crippen molar-refractivity contribution in [1.29, 1.82) is 0 Å². The van der Waals surface area contributed by atoms with Crippen molar-refractivity contribution >= 4 is 37.8 Å². The van der Waals surface area contributed by atoms with Crippen LogP contribution < -0.4 is 5.32 Å². The largest absolute Gasteiger partial charge is 0.444 e. The van der Waals surface area contributed by atoms with Gasteiger partial charge < -0.3 is 9.73 Å². The highest BCUT2D eigenvalue weighted by Gasteiger charge is 2.18. The summed E-state index contributed by atoms with van der Waals surface area (Å²) in [4.78, 5) is 12.1. The van der Waals surface area contributed by atoms with Gasteiger partial charge in [-0.15, -0.1) is 0 Å². The Hall–Kier alpha value is -1.07. The molecule has 2 rings (SSSR count). The second-order valence-electron chi connectivity index (χ2n) is 4.28. The van der Waals surface area contributed by atoms with Gasteiger partial charge >= 0.3 is 0 Å². The normalized spacial score (nSPS) is 12.2. The molecule has 0 saturated carbocycles. The van der Waals surface area contributed by atoms with Gasteiger partial charge in [-0.05, 0) is 47.5 Å². The van der Waals surface area contributed by atoms with E-state index in [9.17, 15) is 4.79 Å². The molecule has 3 nitrogen and oxygen atoms in total. The van der Waals surface area contributed by atoms with Crippen LogP contribution in [0.5, 0.6) is 0 Å². The molecular formula is C14H13Br2NO2. The summed E-state index contributed by atoms with van der Waals surface area (Å²) in [6, 6.07) is 9.48. The molecule has 100 valence electrons. The van der Waals surface area contributed by atoms with Crippen molar-refractivity contribution in [1.82, 2.24) is 5.32 Å². The van der Waals surface area contributed by atoms with Crippen LogP contribution in [0.4, 0.5) is 0 Å². The fraction of sp³-hybridized carbons (Fsp3) is 0.214. The number of hydrogen-bond donors (Lipinski definition) is 1. The average Bonchev–Trinajstić information content (AvgIpc) is 2.69. The van der Waals surface area contributed by atoms with Gasteiger partial charge in [0, 0.05) is 10.0 Å². The smallest absolute Gasteiger partial charge is 0.287 e. The number of rotatable bonds is 3. The molecule has 0 bridgehead atoms. The van der Waals surface area contributed by atoms with E-state index in [4.69, 9.17) is 4.42 Å². The Bertz CT molecular complexity index is 607. The molecule has 19 heavy (non-hydrogen) atoms. The number of nitrogens with one attached hydrogen (secondary N) is 1. The van der Waals surface area contributed by atoms with Gasteiger partial charge in [0.15, 0.2) is 10.4 Å². The summed E-state index contributed by atoms with van der Waals surface area (Å²) in [5.41, 5.74) is 1.84. The molecule has 0 aliphatic carbocycles. The van der Waals surface area contributed by atoms with Gasteiger partial charge in [-0.2, -0.15) is 0 Å². The van der Waals surface area contributed by atoms with Gasteiger partial charge in [-0.1, -0.05) is 34.1 Å². The molecular weight excluding hydrogens is 374 g/mol. The molecule has 1 heterocycles. The zero-order valence-corrected chi connectivity index (χ0v) is 13.7. The number of aryl methyl sites for hydroxylation is 1. The maximum atomic E-state index is 12.1. The van der Waals surface area contributed by atoms with Crippen LogP contribution in [-0.2, 0) is 0 Å². The summed E-state index contributed by atoms with van der Waals surface area (Å²) in [7, 11) is 0. The highest BCUT2D eigenvalue weighted by molar-refractivity contribution is 9.10. The average molecular weight is 387 g/mol. The van der Waals surface area contributed by atoms with Gasteiger partial charge in [-0.25, -0.2) is 0 Å². The third kappa shape index (κ3) is 3.28. The molecule has 1 amide bonds. The minimum atomic E-state index is -0.216. The van der Waals surface area contributed by atoms with Crippen molar-refractivity contribution in [3.63, 3.8) is 0 Å². The van der Waals surface area contributed by atoms with Crippen LogP contribution in [0.15, 0.2) is 43.9 Å². The second-order valence-corrected chi connectivity index (χ2v) is 5.92. The summed E-state index contributed by atoms with van der Waals surface area (Å²) < 4.78 is 6.87. The van der Waals surface area contributed by atoms with Crippen molar-refractivity contribution in [2.45, 2.75) is 19.9 Å². The lowest BCUT2D eigenvalue weighted by atomic mass is 10.1. The monoisotopic (exact) mass is 385 g/mol. The van der Waals surface area contributed by atoms with Crippen LogP contribution >= 0.6 is 31.9 Å². The number of hydrogen-bond acceptors (Lipinski definition) is 2. The first-order chi connectivity index (χ1) is 8.99. The van der Waals surface area contributed by atoms with Crippen LogP contribution in [0.25, 0.3) is 0 Å². The minimum absolute atomic E-state index is 0.105. The highest BCUT2D eigenvalue weighted by atomic mass is 79.9. The Morgan fingerprint density at radius 3 is 2.58 bits per heavy atom. The van der Waals surface area contributed by atoms with Gasteiger partial charge in [0.25, 0.3) is 5.91 Å². The van der Waals surface area contributed by atoms with Crippen LogP contribution in [-0.4, -0.2) is 5.91 Å². The molecule has 1 atom stereocenters. The van der Waals surface area contributed by atoms with Crippen molar-refractivity contribution in [2.24, 2.45) is 0 Å². The van der Waals surface area contributed by atoms with E-state index in [-0.39, 0.29) is 11.9 Å². The molecule has 1 aromatic carbocycles. The lowest BCUT2D eigenvalue weighted by Crippen LogP contribution is -2.27. The molecule has 2 aromatic rings. The van der Waals surface area contributed by atoms with Crippen molar-refractivity contribution < 1.29 is 9.21 Å².